The number of nitro groups is 1. The molecule has 2 amide bonds. The first-order valence-electron chi connectivity index (χ1n) is 9.37. The van der Waals surface area contributed by atoms with Crippen LogP contribution in [0.15, 0.2) is 47.2 Å². The molecule has 31 heavy (non-hydrogen) atoms. The Labute approximate surface area is 177 Å². The Bertz CT molecular complexity index is 1090. The van der Waals surface area contributed by atoms with Crippen molar-refractivity contribution in [2.24, 2.45) is 5.10 Å². The highest BCUT2D eigenvalue weighted by Crippen LogP contribution is 2.37. The van der Waals surface area contributed by atoms with Crippen molar-refractivity contribution in [3.63, 3.8) is 0 Å². The number of rotatable bonds is 7. The Kier molecular flexibility index (Phi) is 6.61. The van der Waals surface area contributed by atoms with E-state index in [1.165, 1.54) is 25.3 Å². The zero-order valence-corrected chi connectivity index (χ0v) is 16.9. The van der Waals surface area contributed by atoms with Crippen molar-refractivity contribution in [1.82, 2.24) is 5.43 Å². The molecule has 0 atom stereocenters. The van der Waals surface area contributed by atoms with Gasteiger partial charge in [0, 0.05) is 29.8 Å². The highest BCUT2D eigenvalue weighted by Gasteiger charge is 2.23. The third-order valence-corrected chi connectivity index (χ3v) is 4.15. The summed E-state index contributed by atoms with van der Waals surface area (Å²) in [6.45, 7) is 3.41. The van der Waals surface area contributed by atoms with Crippen LogP contribution in [0.3, 0.4) is 0 Å². The molecule has 1 heterocycles. The van der Waals surface area contributed by atoms with Crippen molar-refractivity contribution < 1.29 is 24.0 Å². The van der Waals surface area contributed by atoms with Gasteiger partial charge in [-0.25, -0.2) is 5.43 Å². The second-order valence-corrected chi connectivity index (χ2v) is 6.51. The summed E-state index contributed by atoms with van der Waals surface area (Å²) in [6, 6.07) is 9.73. The van der Waals surface area contributed by atoms with Gasteiger partial charge in [-0.2, -0.15) is 5.10 Å². The molecule has 0 radical (unpaired) electrons. The van der Waals surface area contributed by atoms with Crippen molar-refractivity contribution in [3.8, 4) is 11.5 Å². The summed E-state index contributed by atoms with van der Waals surface area (Å²) in [5.74, 6) is 0.134. The summed E-state index contributed by atoms with van der Waals surface area (Å²) in [6.07, 6.45) is 2.82. The summed E-state index contributed by atoms with van der Waals surface area (Å²) in [7, 11) is 0. The molecule has 3 rings (SSSR count). The lowest BCUT2D eigenvalue weighted by Crippen LogP contribution is -2.18. The summed E-state index contributed by atoms with van der Waals surface area (Å²) < 4.78 is 11.1. The Balaban J connectivity index is 1.79. The SMILES string of the molecule is CCOc1cc(/C=N/NC(=O)c2cccc(NC(C)=O)c2)cc2c1OCC([N+](=O)[O-])=C2. The molecule has 0 aliphatic carbocycles. The lowest BCUT2D eigenvalue weighted by Gasteiger charge is -2.18. The number of nitrogens with one attached hydrogen (secondary N) is 2. The second-order valence-electron chi connectivity index (χ2n) is 6.51. The van der Waals surface area contributed by atoms with Crippen LogP contribution in [-0.2, 0) is 4.79 Å². The molecule has 2 aromatic carbocycles. The number of hydrogen-bond acceptors (Lipinski definition) is 7. The minimum Gasteiger partial charge on any atom is -0.490 e. The van der Waals surface area contributed by atoms with Gasteiger partial charge in [0.2, 0.25) is 5.91 Å². The third kappa shape index (κ3) is 5.44. The second kappa shape index (κ2) is 9.53. The van der Waals surface area contributed by atoms with Crippen LogP contribution in [0.25, 0.3) is 6.08 Å². The number of amides is 2. The number of ether oxygens (including phenoxy) is 2. The van der Waals surface area contributed by atoms with Gasteiger partial charge in [0.05, 0.1) is 17.7 Å². The van der Waals surface area contributed by atoms with Crippen molar-refractivity contribution in [2.75, 3.05) is 18.5 Å². The van der Waals surface area contributed by atoms with E-state index in [-0.39, 0.29) is 18.2 Å². The standard InChI is InChI=1S/C21H20N4O6/c1-3-30-19-8-14(7-16-10-18(25(28)29)12-31-20(16)19)11-22-24-21(27)15-5-4-6-17(9-15)23-13(2)26/h4-11H,3,12H2,1-2H3,(H,23,26)(H,24,27)/b22-11+. The summed E-state index contributed by atoms with van der Waals surface area (Å²) >= 11 is 0. The molecule has 0 saturated heterocycles. The maximum atomic E-state index is 12.3. The van der Waals surface area contributed by atoms with Crippen LogP contribution in [0.5, 0.6) is 11.5 Å². The zero-order valence-electron chi connectivity index (χ0n) is 16.9. The number of carbonyl (C=O) groups is 2. The Hall–Kier alpha value is -4.21. The Morgan fingerprint density at radius 2 is 2.13 bits per heavy atom. The average Bonchev–Trinajstić information content (AvgIpc) is 2.73. The van der Waals surface area contributed by atoms with E-state index >= 15 is 0 Å². The van der Waals surface area contributed by atoms with Gasteiger partial charge < -0.3 is 14.8 Å². The molecular formula is C21H20N4O6. The summed E-state index contributed by atoms with van der Waals surface area (Å²) in [4.78, 5) is 34.0. The van der Waals surface area contributed by atoms with Crippen LogP contribution in [0.4, 0.5) is 5.69 Å². The van der Waals surface area contributed by atoms with E-state index in [0.29, 0.717) is 40.5 Å². The quantitative estimate of drug-likeness (QED) is 0.399. The largest absolute Gasteiger partial charge is 0.490 e. The van der Waals surface area contributed by atoms with Crippen molar-refractivity contribution in [1.29, 1.82) is 0 Å². The fourth-order valence-electron chi connectivity index (χ4n) is 2.89. The van der Waals surface area contributed by atoms with Crippen LogP contribution in [0, 0.1) is 10.1 Å². The molecule has 0 aromatic heterocycles. The van der Waals surface area contributed by atoms with Gasteiger partial charge in [0.15, 0.2) is 18.1 Å². The van der Waals surface area contributed by atoms with Gasteiger partial charge in [0.1, 0.15) is 0 Å². The van der Waals surface area contributed by atoms with Gasteiger partial charge in [-0.3, -0.25) is 19.7 Å². The molecule has 10 heteroatoms. The molecule has 1 aliphatic rings. The monoisotopic (exact) mass is 424 g/mol. The Morgan fingerprint density at radius 3 is 2.84 bits per heavy atom. The van der Waals surface area contributed by atoms with E-state index in [1.807, 2.05) is 6.92 Å². The predicted octanol–water partition coefficient (Wildman–Crippen LogP) is 2.82. The minimum atomic E-state index is -0.501. The lowest BCUT2D eigenvalue weighted by atomic mass is 10.1. The molecule has 1 aliphatic heterocycles. The van der Waals surface area contributed by atoms with Gasteiger partial charge in [-0.05, 0) is 42.8 Å². The van der Waals surface area contributed by atoms with Gasteiger partial charge >= 0.3 is 0 Å². The molecule has 0 spiro atoms. The summed E-state index contributed by atoms with van der Waals surface area (Å²) in [5, 5.41) is 17.6. The van der Waals surface area contributed by atoms with Crippen LogP contribution >= 0.6 is 0 Å². The molecule has 2 aromatic rings. The molecule has 0 bridgehead atoms. The van der Waals surface area contributed by atoms with E-state index in [0.717, 1.165) is 0 Å². The number of hydrogen-bond donors (Lipinski definition) is 2. The molecular weight excluding hydrogens is 404 g/mol. The number of carbonyl (C=O) groups excluding carboxylic acids is 2. The zero-order chi connectivity index (χ0) is 22.4. The lowest BCUT2D eigenvalue weighted by molar-refractivity contribution is -0.427. The number of fused-ring (bicyclic) bond motifs is 1. The van der Waals surface area contributed by atoms with Crippen LogP contribution in [0.2, 0.25) is 0 Å². The van der Waals surface area contributed by atoms with Gasteiger partial charge in [0.25, 0.3) is 11.6 Å². The van der Waals surface area contributed by atoms with E-state index in [2.05, 4.69) is 15.8 Å². The molecule has 0 fully saturated rings. The van der Waals surface area contributed by atoms with E-state index in [9.17, 15) is 19.7 Å². The molecule has 160 valence electrons. The first kappa shape index (κ1) is 21.5. The fourth-order valence-corrected chi connectivity index (χ4v) is 2.89. The van der Waals surface area contributed by atoms with Crippen molar-refractivity contribution >= 4 is 29.8 Å². The maximum Gasteiger partial charge on any atom is 0.284 e. The fraction of sp³-hybridized carbons (Fsp3) is 0.190. The highest BCUT2D eigenvalue weighted by atomic mass is 16.6. The third-order valence-electron chi connectivity index (χ3n) is 4.15. The summed E-state index contributed by atoms with van der Waals surface area (Å²) in [5.41, 5.74) is 4.19. The van der Waals surface area contributed by atoms with E-state index in [1.54, 1.807) is 30.3 Å². The van der Waals surface area contributed by atoms with Crippen LogP contribution in [-0.4, -0.2) is 36.2 Å². The molecule has 0 saturated carbocycles. The Morgan fingerprint density at radius 1 is 1.32 bits per heavy atom. The highest BCUT2D eigenvalue weighted by molar-refractivity contribution is 5.97. The van der Waals surface area contributed by atoms with Gasteiger partial charge in [-0.15, -0.1) is 0 Å². The number of anilines is 1. The van der Waals surface area contributed by atoms with Gasteiger partial charge in [-0.1, -0.05) is 6.07 Å². The van der Waals surface area contributed by atoms with Crippen molar-refractivity contribution in [3.05, 3.63) is 68.9 Å². The number of benzene rings is 2. The van der Waals surface area contributed by atoms with Crippen LogP contribution < -0.4 is 20.2 Å². The van der Waals surface area contributed by atoms with E-state index in [4.69, 9.17) is 9.47 Å². The number of nitrogens with zero attached hydrogens (tertiary/aromatic N) is 2. The normalized spacial score (nSPS) is 12.4. The smallest absolute Gasteiger partial charge is 0.284 e. The predicted molar refractivity (Wildman–Crippen MR) is 114 cm³/mol. The maximum absolute atomic E-state index is 12.3. The van der Waals surface area contributed by atoms with Crippen molar-refractivity contribution in [2.45, 2.75) is 13.8 Å². The molecule has 10 nitrogen and oxygen atoms in total. The first-order valence-corrected chi connectivity index (χ1v) is 9.37. The van der Waals surface area contributed by atoms with E-state index < -0.39 is 10.8 Å². The molecule has 2 N–H and O–H groups in total. The molecule has 0 unspecified atom stereocenters. The van der Waals surface area contributed by atoms with Crippen LogP contribution in [0.1, 0.15) is 35.3 Å². The average molecular weight is 424 g/mol. The first-order chi connectivity index (χ1) is 14.9. The topological polar surface area (TPSA) is 132 Å². The minimum absolute atomic E-state index is 0.0728. The number of hydrazone groups is 1.